The Bertz CT molecular complexity index is 295. The van der Waals surface area contributed by atoms with Gasteiger partial charge >= 0.3 is 5.97 Å². The van der Waals surface area contributed by atoms with Crippen LogP contribution in [0.1, 0.15) is 36.4 Å². The van der Waals surface area contributed by atoms with Crippen LogP contribution in [-0.2, 0) is 4.74 Å². The number of nitrogens with two attached hydrogens (primary N) is 1. The predicted octanol–water partition coefficient (Wildman–Crippen LogP) is 0.266. The van der Waals surface area contributed by atoms with E-state index < -0.39 is 5.97 Å². The fourth-order valence-corrected chi connectivity index (χ4v) is 0.699. The van der Waals surface area contributed by atoms with Crippen LogP contribution in [0.3, 0.4) is 0 Å². The minimum atomic E-state index is -0.599. The van der Waals surface area contributed by atoms with E-state index >= 15 is 0 Å². The quantitative estimate of drug-likeness (QED) is 0.679. The average Bonchev–Trinajstić information content (AvgIpc) is 2.52. The van der Waals surface area contributed by atoms with Gasteiger partial charge in [0, 0.05) is 0 Å². The molecule has 1 aromatic rings. The van der Waals surface area contributed by atoms with Crippen LogP contribution >= 0.6 is 0 Å². The first kappa shape index (κ1) is 9.66. The Labute approximate surface area is 75.1 Å². The van der Waals surface area contributed by atoms with E-state index in [-0.39, 0.29) is 24.4 Å². The topological polar surface area (TPSA) is 91.2 Å². The zero-order valence-electron chi connectivity index (χ0n) is 7.48. The first-order valence-corrected chi connectivity index (χ1v) is 3.91. The van der Waals surface area contributed by atoms with Gasteiger partial charge in [-0.05, 0) is 19.0 Å². The lowest BCUT2D eigenvalue weighted by Crippen LogP contribution is -2.08. The Morgan fingerprint density at radius 1 is 1.77 bits per heavy atom. The molecule has 0 unspecified atom stereocenters. The molecule has 0 aliphatic rings. The molecule has 0 saturated heterocycles. The zero-order chi connectivity index (χ0) is 9.84. The molecule has 2 N–H and O–H groups in total. The maximum absolute atomic E-state index is 11.0. The van der Waals surface area contributed by atoms with Gasteiger partial charge in [0.2, 0.25) is 5.89 Å². The molecule has 1 atom stereocenters. The average molecular weight is 185 g/mol. The summed E-state index contributed by atoms with van der Waals surface area (Å²) in [6.45, 7) is 3.66. The molecule has 0 bridgehead atoms. The fourth-order valence-electron chi connectivity index (χ4n) is 0.699. The lowest BCUT2D eigenvalue weighted by atomic mass is 10.4. The molecule has 6 nitrogen and oxygen atoms in total. The van der Waals surface area contributed by atoms with Gasteiger partial charge in [-0.25, -0.2) is 4.79 Å². The third-order valence-electron chi connectivity index (χ3n) is 1.29. The maximum atomic E-state index is 11.0. The van der Waals surface area contributed by atoms with Crippen molar-refractivity contribution in [3.05, 3.63) is 11.7 Å². The number of carbonyl (C=O) groups excluding carboxylic acids is 1. The zero-order valence-corrected chi connectivity index (χ0v) is 7.48. The highest BCUT2D eigenvalue weighted by atomic mass is 16.5. The predicted molar refractivity (Wildman–Crippen MR) is 42.9 cm³/mol. The number of aromatic nitrogens is 2. The van der Waals surface area contributed by atoms with Gasteiger partial charge in [0.15, 0.2) is 0 Å². The van der Waals surface area contributed by atoms with Crippen LogP contribution in [0.5, 0.6) is 0 Å². The largest absolute Gasteiger partial charge is 0.460 e. The van der Waals surface area contributed by atoms with E-state index in [1.165, 1.54) is 0 Å². The summed E-state index contributed by atoms with van der Waals surface area (Å²) in [5.41, 5.74) is 5.45. The molecule has 0 radical (unpaired) electrons. The van der Waals surface area contributed by atoms with Crippen molar-refractivity contribution in [2.24, 2.45) is 5.73 Å². The minimum absolute atomic E-state index is 0.0887. The van der Waals surface area contributed by atoms with Crippen LogP contribution in [0, 0.1) is 0 Å². The Morgan fingerprint density at radius 3 is 2.92 bits per heavy atom. The summed E-state index contributed by atoms with van der Waals surface area (Å²) in [6.07, 6.45) is 0. The second kappa shape index (κ2) is 3.99. The molecule has 0 aromatic carbocycles. The van der Waals surface area contributed by atoms with Gasteiger partial charge in [0.25, 0.3) is 5.82 Å². The molecule has 0 saturated carbocycles. The van der Waals surface area contributed by atoms with E-state index in [0.717, 1.165) is 0 Å². The van der Waals surface area contributed by atoms with Gasteiger partial charge in [0.1, 0.15) is 0 Å². The normalized spacial score (nSPS) is 12.5. The van der Waals surface area contributed by atoms with Crippen molar-refractivity contribution >= 4 is 5.97 Å². The maximum Gasteiger partial charge on any atom is 0.379 e. The highest BCUT2D eigenvalue weighted by Gasteiger charge is 2.16. The smallest absolute Gasteiger partial charge is 0.379 e. The summed E-state index contributed by atoms with van der Waals surface area (Å²) in [7, 11) is 0. The van der Waals surface area contributed by atoms with E-state index in [4.69, 9.17) is 10.3 Å². The van der Waals surface area contributed by atoms with Gasteiger partial charge in [-0.2, -0.15) is 4.98 Å². The SMILES string of the molecule is CCOC(=O)c1noc([C@H](C)N)n1. The van der Waals surface area contributed by atoms with Crippen LogP contribution in [0.2, 0.25) is 0 Å². The van der Waals surface area contributed by atoms with E-state index in [2.05, 4.69) is 14.9 Å². The lowest BCUT2D eigenvalue weighted by Gasteiger charge is -1.94. The first-order valence-electron chi connectivity index (χ1n) is 3.91. The molecule has 72 valence electrons. The number of nitrogens with zero attached hydrogens (tertiary/aromatic N) is 2. The molecule has 1 heterocycles. The van der Waals surface area contributed by atoms with Crippen molar-refractivity contribution in [1.82, 2.24) is 10.1 Å². The molecule has 13 heavy (non-hydrogen) atoms. The summed E-state index contributed by atoms with van der Waals surface area (Å²) in [5.74, 6) is -0.463. The van der Waals surface area contributed by atoms with Crippen LogP contribution in [0.25, 0.3) is 0 Å². The molecule has 1 aromatic heterocycles. The summed E-state index contributed by atoms with van der Waals surface area (Å²) in [4.78, 5) is 14.8. The Balaban J connectivity index is 2.73. The molecular formula is C7H11N3O3. The minimum Gasteiger partial charge on any atom is -0.460 e. The van der Waals surface area contributed by atoms with Crippen LogP contribution in [0.15, 0.2) is 4.52 Å². The summed E-state index contributed by atoms with van der Waals surface area (Å²) in [6, 6.07) is -0.379. The number of esters is 1. The molecule has 0 aliphatic carbocycles. The van der Waals surface area contributed by atoms with Gasteiger partial charge in [-0.15, -0.1) is 0 Å². The molecule has 0 aliphatic heterocycles. The van der Waals surface area contributed by atoms with Crippen LogP contribution in [0.4, 0.5) is 0 Å². The third kappa shape index (κ3) is 2.25. The Morgan fingerprint density at radius 2 is 2.46 bits per heavy atom. The highest BCUT2D eigenvalue weighted by molar-refractivity contribution is 5.84. The second-order valence-electron chi connectivity index (χ2n) is 2.47. The highest BCUT2D eigenvalue weighted by Crippen LogP contribution is 2.06. The van der Waals surface area contributed by atoms with Gasteiger partial charge in [-0.1, -0.05) is 0 Å². The third-order valence-corrected chi connectivity index (χ3v) is 1.29. The van der Waals surface area contributed by atoms with Crippen LogP contribution in [-0.4, -0.2) is 22.7 Å². The molecule has 0 spiro atoms. The van der Waals surface area contributed by atoms with Crippen molar-refractivity contribution in [2.75, 3.05) is 6.61 Å². The van der Waals surface area contributed by atoms with E-state index in [1.807, 2.05) is 0 Å². The van der Waals surface area contributed by atoms with Crippen molar-refractivity contribution in [3.63, 3.8) is 0 Å². The van der Waals surface area contributed by atoms with Gasteiger partial charge in [-0.3, -0.25) is 0 Å². The number of rotatable bonds is 3. The molecule has 1 rings (SSSR count). The van der Waals surface area contributed by atoms with Crippen LogP contribution < -0.4 is 5.73 Å². The number of carbonyl (C=O) groups is 1. The molecule has 6 heteroatoms. The second-order valence-corrected chi connectivity index (χ2v) is 2.47. The molecule has 0 amide bonds. The first-order chi connectivity index (χ1) is 6.15. The number of hydrogen-bond acceptors (Lipinski definition) is 6. The summed E-state index contributed by atoms with van der Waals surface area (Å²) in [5, 5.41) is 3.42. The summed E-state index contributed by atoms with van der Waals surface area (Å²) >= 11 is 0. The van der Waals surface area contributed by atoms with E-state index in [0.29, 0.717) is 0 Å². The summed E-state index contributed by atoms with van der Waals surface area (Å²) < 4.78 is 9.36. The Hall–Kier alpha value is -1.43. The standard InChI is InChI=1S/C7H11N3O3/c1-3-12-7(11)5-9-6(4(2)8)13-10-5/h4H,3,8H2,1-2H3/t4-/m0/s1. The van der Waals surface area contributed by atoms with Gasteiger partial charge < -0.3 is 15.0 Å². The van der Waals surface area contributed by atoms with E-state index in [1.54, 1.807) is 13.8 Å². The monoisotopic (exact) mass is 185 g/mol. The lowest BCUT2D eigenvalue weighted by molar-refractivity contribution is 0.0508. The van der Waals surface area contributed by atoms with Crippen molar-refractivity contribution in [3.8, 4) is 0 Å². The molecular weight excluding hydrogens is 174 g/mol. The molecule has 0 fully saturated rings. The van der Waals surface area contributed by atoms with E-state index in [9.17, 15) is 4.79 Å². The Kier molecular flexibility index (Phi) is 2.97. The van der Waals surface area contributed by atoms with Gasteiger partial charge in [0.05, 0.1) is 12.6 Å². The number of hydrogen-bond donors (Lipinski definition) is 1. The van der Waals surface area contributed by atoms with Crippen molar-refractivity contribution < 1.29 is 14.1 Å². The van der Waals surface area contributed by atoms with Crippen molar-refractivity contribution in [2.45, 2.75) is 19.9 Å². The van der Waals surface area contributed by atoms with Crippen molar-refractivity contribution in [1.29, 1.82) is 0 Å². The fraction of sp³-hybridized carbons (Fsp3) is 0.571. The number of ether oxygens (including phenoxy) is 1.